The molecule has 3 N–H and O–H groups in total. The van der Waals surface area contributed by atoms with E-state index in [2.05, 4.69) is 48.9 Å². The zero-order chi connectivity index (χ0) is 12.3. The van der Waals surface area contributed by atoms with Crippen LogP contribution in [0.1, 0.15) is 27.7 Å². The molecule has 1 unspecified atom stereocenters. The number of anilines is 2. The smallest absolute Gasteiger partial charge is 0.0574 e. The zero-order valence-electron chi connectivity index (χ0n) is 10.5. The van der Waals surface area contributed by atoms with Crippen LogP contribution in [0.4, 0.5) is 11.4 Å². The minimum Gasteiger partial charge on any atom is -0.397 e. The van der Waals surface area contributed by atoms with Crippen molar-refractivity contribution >= 4 is 27.3 Å². The van der Waals surface area contributed by atoms with Crippen LogP contribution in [0, 0.1) is 11.3 Å². The Morgan fingerprint density at radius 1 is 1.38 bits per heavy atom. The maximum atomic E-state index is 5.92. The summed E-state index contributed by atoms with van der Waals surface area (Å²) in [5.74, 6) is 0.593. The van der Waals surface area contributed by atoms with Crippen molar-refractivity contribution in [2.24, 2.45) is 11.3 Å². The second-order valence-corrected chi connectivity index (χ2v) is 6.30. The molecule has 0 aliphatic rings. The third kappa shape index (κ3) is 3.71. The molecule has 0 aliphatic heterocycles. The molecule has 0 bridgehead atoms. The highest BCUT2D eigenvalue weighted by Gasteiger charge is 2.19. The molecule has 0 fully saturated rings. The van der Waals surface area contributed by atoms with Gasteiger partial charge in [-0.05, 0) is 29.5 Å². The fraction of sp³-hybridized carbons (Fsp3) is 0.538. The van der Waals surface area contributed by atoms with E-state index in [-0.39, 0.29) is 0 Å². The monoisotopic (exact) mass is 284 g/mol. The molecule has 3 heteroatoms. The SMILES string of the molecule is CC(CNc1ccc(Br)cc1N)C(C)(C)C. The Balaban J connectivity index is 2.62. The molecule has 0 saturated heterocycles. The second-order valence-electron chi connectivity index (χ2n) is 5.38. The first-order chi connectivity index (χ1) is 7.30. The van der Waals surface area contributed by atoms with Crippen molar-refractivity contribution in [1.82, 2.24) is 0 Å². The summed E-state index contributed by atoms with van der Waals surface area (Å²) in [5, 5.41) is 3.40. The minimum absolute atomic E-state index is 0.317. The summed E-state index contributed by atoms with van der Waals surface area (Å²) in [4.78, 5) is 0. The molecule has 0 aromatic heterocycles. The largest absolute Gasteiger partial charge is 0.397 e. The first-order valence-corrected chi connectivity index (χ1v) is 6.39. The van der Waals surface area contributed by atoms with E-state index in [0.29, 0.717) is 11.3 Å². The average Bonchev–Trinajstić information content (AvgIpc) is 2.14. The first kappa shape index (κ1) is 13.4. The topological polar surface area (TPSA) is 38.0 Å². The lowest BCUT2D eigenvalue weighted by atomic mass is 9.82. The molecule has 1 rings (SSSR count). The molecule has 16 heavy (non-hydrogen) atoms. The Morgan fingerprint density at radius 3 is 2.50 bits per heavy atom. The van der Waals surface area contributed by atoms with Crippen LogP contribution < -0.4 is 11.1 Å². The molecule has 1 aromatic rings. The molecule has 2 nitrogen and oxygen atoms in total. The Kier molecular flexibility index (Phi) is 4.25. The van der Waals surface area contributed by atoms with Crippen LogP contribution in [-0.2, 0) is 0 Å². The van der Waals surface area contributed by atoms with E-state index < -0.39 is 0 Å². The Labute approximate surface area is 107 Å². The number of benzene rings is 1. The van der Waals surface area contributed by atoms with Crippen LogP contribution in [0.25, 0.3) is 0 Å². The maximum absolute atomic E-state index is 5.92. The van der Waals surface area contributed by atoms with E-state index in [9.17, 15) is 0 Å². The fourth-order valence-corrected chi connectivity index (χ4v) is 1.64. The molecule has 0 spiro atoms. The summed E-state index contributed by atoms with van der Waals surface area (Å²) in [6, 6.07) is 5.93. The van der Waals surface area contributed by atoms with E-state index in [4.69, 9.17) is 5.73 Å². The van der Waals surface area contributed by atoms with Crippen molar-refractivity contribution in [1.29, 1.82) is 0 Å². The number of nitrogen functional groups attached to an aromatic ring is 1. The predicted octanol–water partition coefficient (Wildman–Crippen LogP) is 4.13. The highest BCUT2D eigenvalue weighted by atomic mass is 79.9. The van der Waals surface area contributed by atoms with Gasteiger partial charge in [0.2, 0.25) is 0 Å². The van der Waals surface area contributed by atoms with E-state index in [1.165, 1.54) is 0 Å². The van der Waals surface area contributed by atoms with E-state index in [0.717, 1.165) is 22.4 Å². The predicted molar refractivity (Wildman–Crippen MR) is 75.7 cm³/mol. The number of nitrogens with one attached hydrogen (secondary N) is 1. The van der Waals surface area contributed by atoms with Crippen LogP contribution >= 0.6 is 15.9 Å². The third-order valence-electron chi connectivity index (χ3n) is 3.09. The number of halogens is 1. The standard InChI is InChI=1S/C13H21BrN2/c1-9(13(2,3)4)8-16-12-6-5-10(14)7-11(12)15/h5-7,9,16H,8,15H2,1-4H3. The van der Waals surface area contributed by atoms with E-state index >= 15 is 0 Å². The number of rotatable bonds is 3. The Hall–Kier alpha value is -0.700. The van der Waals surface area contributed by atoms with Gasteiger partial charge in [-0.1, -0.05) is 43.6 Å². The molecular weight excluding hydrogens is 264 g/mol. The molecular formula is C13H21BrN2. The lowest BCUT2D eigenvalue weighted by Gasteiger charge is -2.28. The highest BCUT2D eigenvalue weighted by Crippen LogP contribution is 2.27. The quantitative estimate of drug-likeness (QED) is 0.820. The van der Waals surface area contributed by atoms with Gasteiger partial charge in [0.15, 0.2) is 0 Å². The van der Waals surface area contributed by atoms with Crippen molar-refractivity contribution in [3.8, 4) is 0 Å². The molecule has 0 amide bonds. The summed E-state index contributed by atoms with van der Waals surface area (Å²) >= 11 is 3.40. The van der Waals surface area contributed by atoms with Gasteiger partial charge in [0, 0.05) is 11.0 Å². The molecule has 0 saturated carbocycles. The van der Waals surface area contributed by atoms with Gasteiger partial charge in [0.1, 0.15) is 0 Å². The lowest BCUT2D eigenvalue weighted by Crippen LogP contribution is -2.25. The highest BCUT2D eigenvalue weighted by molar-refractivity contribution is 9.10. The first-order valence-electron chi connectivity index (χ1n) is 5.59. The molecule has 90 valence electrons. The number of hydrogen-bond acceptors (Lipinski definition) is 2. The number of nitrogens with two attached hydrogens (primary N) is 1. The summed E-state index contributed by atoms with van der Waals surface area (Å²) in [5.41, 5.74) is 8.04. The third-order valence-corrected chi connectivity index (χ3v) is 3.58. The second kappa shape index (κ2) is 5.09. The molecule has 0 radical (unpaired) electrons. The lowest BCUT2D eigenvalue weighted by molar-refractivity contribution is 0.274. The van der Waals surface area contributed by atoms with Gasteiger partial charge in [0.25, 0.3) is 0 Å². The summed E-state index contributed by atoms with van der Waals surface area (Å²) in [6.45, 7) is 9.95. The van der Waals surface area contributed by atoms with Crippen LogP contribution in [0.5, 0.6) is 0 Å². The van der Waals surface area contributed by atoms with Gasteiger partial charge < -0.3 is 11.1 Å². The van der Waals surface area contributed by atoms with Crippen LogP contribution in [0.15, 0.2) is 22.7 Å². The zero-order valence-corrected chi connectivity index (χ0v) is 12.1. The van der Waals surface area contributed by atoms with E-state index in [1.807, 2.05) is 18.2 Å². The number of hydrogen-bond donors (Lipinski definition) is 2. The van der Waals surface area contributed by atoms with Crippen LogP contribution in [0.2, 0.25) is 0 Å². The van der Waals surface area contributed by atoms with Gasteiger partial charge in [-0.3, -0.25) is 0 Å². The molecule has 0 heterocycles. The van der Waals surface area contributed by atoms with Crippen LogP contribution in [0.3, 0.4) is 0 Å². The fourth-order valence-electron chi connectivity index (χ4n) is 1.26. The van der Waals surface area contributed by atoms with Crippen molar-refractivity contribution in [3.63, 3.8) is 0 Å². The normalized spacial score (nSPS) is 13.6. The molecule has 1 atom stereocenters. The van der Waals surface area contributed by atoms with Crippen molar-refractivity contribution < 1.29 is 0 Å². The van der Waals surface area contributed by atoms with Crippen molar-refractivity contribution in [3.05, 3.63) is 22.7 Å². The van der Waals surface area contributed by atoms with Gasteiger partial charge in [-0.15, -0.1) is 0 Å². The maximum Gasteiger partial charge on any atom is 0.0574 e. The van der Waals surface area contributed by atoms with E-state index in [1.54, 1.807) is 0 Å². The van der Waals surface area contributed by atoms with Crippen LogP contribution in [-0.4, -0.2) is 6.54 Å². The van der Waals surface area contributed by atoms with Gasteiger partial charge in [0.05, 0.1) is 11.4 Å². The summed E-state index contributed by atoms with van der Waals surface area (Å²) in [7, 11) is 0. The van der Waals surface area contributed by atoms with Gasteiger partial charge in [-0.25, -0.2) is 0 Å². The molecule has 0 aliphatic carbocycles. The summed E-state index contributed by atoms with van der Waals surface area (Å²) < 4.78 is 1.01. The Bertz CT molecular complexity index is 355. The molecule has 1 aromatic carbocycles. The minimum atomic E-state index is 0.317. The summed E-state index contributed by atoms with van der Waals surface area (Å²) in [6.07, 6.45) is 0. The average molecular weight is 285 g/mol. The Morgan fingerprint density at radius 2 is 2.00 bits per heavy atom. The van der Waals surface area contributed by atoms with Crippen molar-refractivity contribution in [2.45, 2.75) is 27.7 Å². The van der Waals surface area contributed by atoms with Gasteiger partial charge >= 0.3 is 0 Å². The van der Waals surface area contributed by atoms with Crippen molar-refractivity contribution in [2.75, 3.05) is 17.6 Å². The van der Waals surface area contributed by atoms with Gasteiger partial charge in [-0.2, -0.15) is 0 Å².